The predicted molar refractivity (Wildman–Crippen MR) is 83.8 cm³/mol. The molecule has 2 aromatic heterocycles. The van der Waals surface area contributed by atoms with Gasteiger partial charge in [-0.25, -0.2) is 18.4 Å². The van der Waals surface area contributed by atoms with Crippen LogP contribution in [-0.2, 0) is 9.84 Å². The second-order valence-electron chi connectivity index (χ2n) is 4.78. The maximum Gasteiger partial charge on any atom is 0.179 e. The topological polar surface area (TPSA) is 72.8 Å². The summed E-state index contributed by atoms with van der Waals surface area (Å²) in [6.07, 6.45) is 5.81. The van der Waals surface area contributed by atoms with E-state index in [4.69, 9.17) is 0 Å². The summed E-state index contributed by atoms with van der Waals surface area (Å²) in [7, 11) is -3.42. The Kier molecular flexibility index (Phi) is 3.68. The van der Waals surface area contributed by atoms with Crippen molar-refractivity contribution in [1.82, 2.24) is 15.0 Å². The van der Waals surface area contributed by atoms with Crippen LogP contribution < -0.4 is 0 Å². The van der Waals surface area contributed by atoms with E-state index in [1.54, 1.807) is 24.5 Å². The highest BCUT2D eigenvalue weighted by Gasteiger charge is 2.18. The molecule has 0 atom stereocenters. The van der Waals surface area contributed by atoms with E-state index in [1.165, 1.54) is 6.20 Å². The van der Waals surface area contributed by atoms with Gasteiger partial charge in [0, 0.05) is 29.8 Å². The van der Waals surface area contributed by atoms with Gasteiger partial charge in [-0.1, -0.05) is 30.3 Å². The Balaban J connectivity index is 2.24. The van der Waals surface area contributed by atoms with Crippen molar-refractivity contribution >= 4 is 9.84 Å². The zero-order valence-corrected chi connectivity index (χ0v) is 12.7. The minimum absolute atomic E-state index is 0.122. The van der Waals surface area contributed by atoms with Crippen molar-refractivity contribution in [3.05, 3.63) is 61.1 Å². The van der Waals surface area contributed by atoms with Crippen molar-refractivity contribution in [2.75, 3.05) is 6.26 Å². The number of rotatable bonds is 3. The number of sulfone groups is 1. The van der Waals surface area contributed by atoms with Crippen molar-refractivity contribution in [1.29, 1.82) is 0 Å². The fraction of sp³-hybridized carbons (Fsp3) is 0.0625. The van der Waals surface area contributed by atoms with Crippen LogP contribution >= 0.6 is 0 Å². The molecule has 0 spiro atoms. The van der Waals surface area contributed by atoms with Crippen LogP contribution in [0.2, 0.25) is 0 Å². The van der Waals surface area contributed by atoms with Gasteiger partial charge in [-0.05, 0) is 12.1 Å². The fourth-order valence-electron chi connectivity index (χ4n) is 2.09. The maximum atomic E-state index is 12.0. The van der Waals surface area contributed by atoms with Crippen LogP contribution in [0.15, 0.2) is 66.0 Å². The SMILES string of the molecule is CS(=O)(=O)c1cnc(-c2ccncc2)nc1-c1ccccc1. The summed E-state index contributed by atoms with van der Waals surface area (Å²) in [6.45, 7) is 0. The van der Waals surface area contributed by atoms with Crippen LogP contribution in [0.5, 0.6) is 0 Å². The van der Waals surface area contributed by atoms with Crippen molar-refractivity contribution in [3.8, 4) is 22.6 Å². The number of benzene rings is 1. The maximum absolute atomic E-state index is 12.0. The number of hydrogen-bond donors (Lipinski definition) is 0. The number of hydrogen-bond acceptors (Lipinski definition) is 5. The van der Waals surface area contributed by atoms with E-state index in [0.717, 1.165) is 17.4 Å². The van der Waals surface area contributed by atoms with Crippen LogP contribution in [0.4, 0.5) is 0 Å². The Labute approximate surface area is 128 Å². The van der Waals surface area contributed by atoms with Crippen LogP contribution in [0, 0.1) is 0 Å². The molecular formula is C16H13N3O2S. The zero-order valence-electron chi connectivity index (χ0n) is 11.8. The molecular weight excluding hydrogens is 298 g/mol. The van der Waals surface area contributed by atoms with Crippen LogP contribution in [-0.4, -0.2) is 29.6 Å². The monoisotopic (exact) mass is 311 g/mol. The summed E-state index contributed by atoms with van der Waals surface area (Å²) in [6, 6.07) is 12.8. The molecule has 0 fully saturated rings. The third-order valence-electron chi connectivity index (χ3n) is 3.14. The smallest absolute Gasteiger partial charge is 0.179 e. The van der Waals surface area contributed by atoms with E-state index in [9.17, 15) is 8.42 Å². The molecule has 0 saturated carbocycles. The van der Waals surface area contributed by atoms with Crippen LogP contribution in [0.3, 0.4) is 0 Å². The molecule has 0 aliphatic heterocycles. The van der Waals surface area contributed by atoms with Gasteiger partial charge < -0.3 is 0 Å². The van der Waals surface area contributed by atoms with Gasteiger partial charge in [-0.3, -0.25) is 4.98 Å². The molecule has 3 rings (SSSR count). The van der Waals surface area contributed by atoms with Gasteiger partial charge in [0.25, 0.3) is 0 Å². The van der Waals surface area contributed by atoms with E-state index in [2.05, 4.69) is 15.0 Å². The first-order valence-corrected chi connectivity index (χ1v) is 8.48. The first kappa shape index (κ1) is 14.3. The summed E-state index contributed by atoms with van der Waals surface area (Å²) >= 11 is 0. The lowest BCUT2D eigenvalue weighted by atomic mass is 10.1. The Hall–Kier alpha value is -2.60. The lowest BCUT2D eigenvalue weighted by molar-refractivity contribution is 0.601. The molecule has 1 aromatic carbocycles. The van der Waals surface area contributed by atoms with Crippen molar-refractivity contribution in [2.24, 2.45) is 0 Å². The Morgan fingerprint density at radius 2 is 1.59 bits per heavy atom. The highest BCUT2D eigenvalue weighted by Crippen LogP contribution is 2.27. The summed E-state index contributed by atoms with van der Waals surface area (Å²) in [4.78, 5) is 12.7. The normalized spacial score (nSPS) is 11.3. The summed E-state index contributed by atoms with van der Waals surface area (Å²) in [5.74, 6) is 0.466. The molecule has 5 nitrogen and oxygen atoms in total. The molecule has 0 radical (unpaired) electrons. The quantitative estimate of drug-likeness (QED) is 0.743. The van der Waals surface area contributed by atoms with Gasteiger partial charge in [0.05, 0.1) is 11.9 Å². The average molecular weight is 311 g/mol. The third-order valence-corrected chi connectivity index (χ3v) is 4.24. The highest BCUT2D eigenvalue weighted by atomic mass is 32.2. The number of nitrogens with zero attached hydrogens (tertiary/aromatic N) is 3. The molecule has 0 aliphatic carbocycles. The molecule has 0 bridgehead atoms. The molecule has 6 heteroatoms. The third kappa shape index (κ3) is 2.87. The predicted octanol–water partition coefficient (Wildman–Crippen LogP) is 2.61. The average Bonchev–Trinajstić information content (AvgIpc) is 2.55. The fourth-order valence-corrected chi connectivity index (χ4v) is 2.84. The van der Waals surface area contributed by atoms with E-state index in [1.807, 2.05) is 30.3 Å². The second kappa shape index (κ2) is 5.65. The highest BCUT2D eigenvalue weighted by molar-refractivity contribution is 7.90. The molecule has 0 unspecified atom stereocenters. The number of aromatic nitrogens is 3. The molecule has 2 heterocycles. The standard InChI is InChI=1S/C16H13N3O2S/c1-22(20,21)14-11-18-16(13-7-9-17-10-8-13)19-15(14)12-5-3-2-4-6-12/h2-11H,1H3. The number of pyridine rings is 1. The van der Waals surface area contributed by atoms with Crippen molar-refractivity contribution < 1.29 is 8.42 Å². The van der Waals surface area contributed by atoms with Crippen molar-refractivity contribution in [2.45, 2.75) is 4.90 Å². The summed E-state index contributed by atoms with van der Waals surface area (Å²) in [5, 5.41) is 0. The second-order valence-corrected chi connectivity index (χ2v) is 6.76. The van der Waals surface area contributed by atoms with Gasteiger partial charge in [0.1, 0.15) is 4.90 Å². The Bertz CT molecular complexity index is 895. The first-order chi connectivity index (χ1) is 10.6. The minimum atomic E-state index is -3.42. The van der Waals surface area contributed by atoms with E-state index < -0.39 is 9.84 Å². The largest absolute Gasteiger partial charge is 0.265 e. The van der Waals surface area contributed by atoms with Crippen LogP contribution in [0.1, 0.15) is 0 Å². The van der Waals surface area contributed by atoms with Gasteiger partial charge in [-0.2, -0.15) is 0 Å². The van der Waals surface area contributed by atoms with Gasteiger partial charge in [0.2, 0.25) is 0 Å². The van der Waals surface area contributed by atoms with Gasteiger partial charge in [-0.15, -0.1) is 0 Å². The van der Waals surface area contributed by atoms with Crippen LogP contribution in [0.25, 0.3) is 22.6 Å². The van der Waals surface area contributed by atoms with Gasteiger partial charge >= 0.3 is 0 Å². The molecule has 110 valence electrons. The van der Waals surface area contributed by atoms with E-state index in [0.29, 0.717) is 11.5 Å². The zero-order chi connectivity index (χ0) is 15.6. The minimum Gasteiger partial charge on any atom is -0.265 e. The molecule has 0 aliphatic rings. The van der Waals surface area contributed by atoms with E-state index >= 15 is 0 Å². The first-order valence-electron chi connectivity index (χ1n) is 6.58. The molecule has 22 heavy (non-hydrogen) atoms. The van der Waals surface area contributed by atoms with E-state index in [-0.39, 0.29) is 4.90 Å². The molecule has 0 amide bonds. The molecule has 0 saturated heterocycles. The Morgan fingerprint density at radius 3 is 2.23 bits per heavy atom. The summed E-state index contributed by atoms with van der Waals surface area (Å²) < 4.78 is 24.0. The van der Waals surface area contributed by atoms with Gasteiger partial charge in [0.15, 0.2) is 15.7 Å². The molecule has 0 N–H and O–H groups in total. The lowest BCUT2D eigenvalue weighted by Crippen LogP contribution is -2.04. The van der Waals surface area contributed by atoms with Crippen molar-refractivity contribution in [3.63, 3.8) is 0 Å². The molecule has 3 aromatic rings. The lowest BCUT2D eigenvalue weighted by Gasteiger charge is -2.09. The summed E-state index contributed by atoms with van der Waals surface area (Å²) in [5.41, 5.74) is 1.93. The Morgan fingerprint density at radius 1 is 0.909 bits per heavy atom.